The summed E-state index contributed by atoms with van der Waals surface area (Å²) in [4.78, 5) is 10.0. The van der Waals surface area contributed by atoms with Crippen LogP contribution in [0.1, 0.15) is 0 Å². The number of nitrogens with zero attached hydrogens (tertiary/aromatic N) is 2. The topological polar surface area (TPSA) is 125 Å². The van der Waals surface area contributed by atoms with Gasteiger partial charge in [0.1, 0.15) is 0 Å². The molecule has 0 aliphatic heterocycles. The Hall–Kier alpha value is -2.60. The molecule has 0 amide bonds. The normalized spacial score (nSPS) is 12.6. The van der Waals surface area contributed by atoms with Crippen molar-refractivity contribution in [3.63, 3.8) is 0 Å². The molecule has 1 aliphatic carbocycles. The molecular weight excluding hydrogens is 402 g/mol. The number of rotatable bonds is 4. The number of benzene rings is 3. The van der Waals surface area contributed by atoms with E-state index >= 15 is 0 Å². The van der Waals surface area contributed by atoms with Crippen LogP contribution < -0.4 is 5.14 Å². The van der Waals surface area contributed by atoms with Crippen molar-refractivity contribution in [3.8, 4) is 22.5 Å². The molecule has 1 aliphatic rings. The van der Waals surface area contributed by atoms with E-state index in [-0.39, 0.29) is 4.90 Å². The van der Waals surface area contributed by atoms with Crippen molar-refractivity contribution in [2.75, 3.05) is 0 Å². The maximum atomic E-state index is 12.0. The first-order chi connectivity index (χ1) is 13.5. The third-order valence-electron chi connectivity index (χ3n) is 4.57. The van der Waals surface area contributed by atoms with E-state index in [2.05, 4.69) is 9.37 Å². The first-order valence-electron chi connectivity index (χ1n) is 8.02. The number of hydrogen-bond donors (Lipinski definition) is 2. The summed E-state index contributed by atoms with van der Waals surface area (Å²) in [6, 6.07) is 14.0. The Kier molecular flexibility index (Phi) is 3.88. The molecule has 0 spiro atoms. The molecule has 1 aromatic heterocycles. The molecule has 8 nitrogen and oxygen atoms in total. The summed E-state index contributed by atoms with van der Waals surface area (Å²) in [6.07, 6.45) is 0. The van der Waals surface area contributed by atoms with Crippen LogP contribution in [0.3, 0.4) is 0 Å². The molecular formula is C18H11N3O5S2. The van der Waals surface area contributed by atoms with E-state index in [1.807, 2.05) is 30.3 Å². The van der Waals surface area contributed by atoms with Crippen molar-refractivity contribution in [3.05, 3.63) is 48.5 Å². The maximum absolute atomic E-state index is 12.0. The van der Waals surface area contributed by atoms with Gasteiger partial charge in [-0.2, -0.15) is 0 Å². The van der Waals surface area contributed by atoms with Crippen molar-refractivity contribution in [1.29, 1.82) is 0 Å². The van der Waals surface area contributed by atoms with Crippen LogP contribution in [0.25, 0.3) is 44.3 Å². The molecule has 4 aromatic rings. The number of sulfonamides is 1. The van der Waals surface area contributed by atoms with E-state index in [0.717, 1.165) is 28.5 Å². The molecule has 0 fully saturated rings. The number of aromatic nitrogens is 2. The fourth-order valence-corrected chi connectivity index (χ4v) is 4.50. The van der Waals surface area contributed by atoms with Gasteiger partial charge in [0.25, 0.3) is 0 Å². The second-order valence-electron chi connectivity index (χ2n) is 6.22. The van der Waals surface area contributed by atoms with Crippen LogP contribution in [0.15, 0.2) is 58.3 Å². The van der Waals surface area contributed by atoms with Gasteiger partial charge in [0.15, 0.2) is 0 Å². The Labute approximate surface area is 163 Å². The minimum absolute atomic E-state index is 0.0229. The number of para-hydroxylation sites is 2. The largest absolute Gasteiger partial charge is 0.244 e. The van der Waals surface area contributed by atoms with E-state index in [1.165, 1.54) is 12.1 Å². The lowest BCUT2D eigenvalue weighted by Crippen LogP contribution is -2.12. The van der Waals surface area contributed by atoms with Crippen molar-refractivity contribution >= 4 is 43.9 Å². The third kappa shape index (κ3) is 2.66. The lowest BCUT2D eigenvalue weighted by atomic mass is 10.0. The molecule has 0 radical (unpaired) electrons. The van der Waals surface area contributed by atoms with Crippen LogP contribution >= 0.6 is 12.0 Å². The molecule has 0 bridgehead atoms. The molecule has 0 saturated heterocycles. The first kappa shape index (κ1) is 17.5. The summed E-state index contributed by atoms with van der Waals surface area (Å²) in [5.74, 6) is 0. The maximum Gasteiger partial charge on any atom is 0.238 e. The summed E-state index contributed by atoms with van der Waals surface area (Å²) < 4.78 is 28.5. The summed E-state index contributed by atoms with van der Waals surface area (Å²) in [5, 5.41) is 18.9. The molecule has 3 N–H and O–H groups in total. The van der Waals surface area contributed by atoms with E-state index in [1.54, 1.807) is 6.07 Å². The van der Waals surface area contributed by atoms with Gasteiger partial charge >= 0.3 is 0 Å². The van der Waals surface area contributed by atoms with Gasteiger partial charge in [0, 0.05) is 21.4 Å². The minimum Gasteiger partial charge on any atom is -0.244 e. The zero-order chi connectivity index (χ0) is 19.5. The molecule has 5 rings (SSSR count). The van der Waals surface area contributed by atoms with Crippen LogP contribution in [-0.4, -0.2) is 23.6 Å². The average molecular weight is 413 g/mol. The SMILES string of the molecule is NS(=O)(=O)c1cc2c3c(cc(SOOO)cc3c1)-c1nc3ccccc3nc1-2. The van der Waals surface area contributed by atoms with E-state index in [4.69, 9.17) is 20.4 Å². The van der Waals surface area contributed by atoms with Gasteiger partial charge in [-0.3, -0.25) is 0 Å². The second-order valence-corrected chi connectivity index (χ2v) is 8.56. The second kappa shape index (κ2) is 6.21. The molecule has 1 heterocycles. The minimum atomic E-state index is -3.93. The van der Waals surface area contributed by atoms with Crippen molar-refractivity contribution in [1.82, 2.24) is 9.97 Å². The fraction of sp³-hybridized carbons (Fsp3) is 0. The monoisotopic (exact) mass is 413 g/mol. The van der Waals surface area contributed by atoms with Gasteiger partial charge in [-0.05, 0) is 41.8 Å². The quantitative estimate of drug-likeness (QED) is 0.261. The van der Waals surface area contributed by atoms with Crippen LogP contribution in [0.2, 0.25) is 0 Å². The Bertz CT molecular complexity index is 1390. The highest BCUT2D eigenvalue weighted by Crippen LogP contribution is 2.48. The van der Waals surface area contributed by atoms with Crippen molar-refractivity contribution < 1.29 is 23.0 Å². The number of hydrogen-bond acceptors (Lipinski definition) is 8. The Balaban J connectivity index is 1.89. The first-order valence-corrected chi connectivity index (χ1v) is 10.3. The van der Waals surface area contributed by atoms with E-state index < -0.39 is 10.0 Å². The number of primary sulfonamides is 1. The lowest BCUT2D eigenvalue weighted by Gasteiger charge is -2.07. The number of nitrogens with two attached hydrogens (primary N) is 1. The summed E-state index contributed by atoms with van der Waals surface area (Å²) >= 11 is 0.778. The van der Waals surface area contributed by atoms with Gasteiger partial charge in [-0.1, -0.05) is 17.2 Å². The van der Waals surface area contributed by atoms with Gasteiger partial charge in [-0.25, -0.2) is 28.8 Å². The Morgan fingerprint density at radius 1 is 0.964 bits per heavy atom. The van der Waals surface area contributed by atoms with E-state index in [9.17, 15) is 8.42 Å². The predicted octanol–water partition coefficient (Wildman–Crippen LogP) is 3.51. The van der Waals surface area contributed by atoms with Crippen LogP contribution in [0.5, 0.6) is 0 Å². The third-order valence-corrected chi connectivity index (χ3v) is 6.02. The zero-order valence-electron chi connectivity index (χ0n) is 14.0. The highest BCUT2D eigenvalue weighted by molar-refractivity contribution is 7.94. The lowest BCUT2D eigenvalue weighted by molar-refractivity contribution is -0.432. The Morgan fingerprint density at radius 3 is 2.21 bits per heavy atom. The Morgan fingerprint density at radius 2 is 1.61 bits per heavy atom. The molecule has 0 saturated carbocycles. The molecule has 0 unspecified atom stereocenters. The van der Waals surface area contributed by atoms with Gasteiger partial charge in [0.05, 0.1) is 39.4 Å². The standard InChI is InChI=1S/C18H11N3O5S2/c19-28(23,24)11-6-9-5-10(27-26-25-22)7-12-16(9)13(8-11)18-17(12)20-14-3-1-2-4-15(14)21-18/h1-8,22H,(H2,19,23,24). The van der Waals surface area contributed by atoms with E-state index in [0.29, 0.717) is 32.7 Å². The molecule has 3 aromatic carbocycles. The predicted molar refractivity (Wildman–Crippen MR) is 104 cm³/mol. The highest BCUT2D eigenvalue weighted by Gasteiger charge is 2.28. The van der Waals surface area contributed by atoms with Gasteiger partial charge < -0.3 is 0 Å². The van der Waals surface area contributed by atoms with Crippen molar-refractivity contribution in [2.24, 2.45) is 5.14 Å². The molecule has 140 valence electrons. The fourth-order valence-electron chi connectivity index (χ4n) is 3.48. The van der Waals surface area contributed by atoms with Gasteiger partial charge in [-0.15, -0.1) is 4.33 Å². The number of fused-ring (bicyclic) bond motifs is 4. The van der Waals surface area contributed by atoms with Crippen LogP contribution in [0.4, 0.5) is 0 Å². The van der Waals surface area contributed by atoms with Crippen molar-refractivity contribution in [2.45, 2.75) is 9.79 Å². The summed E-state index contributed by atoms with van der Waals surface area (Å²) in [6.45, 7) is 0. The smallest absolute Gasteiger partial charge is 0.238 e. The highest BCUT2D eigenvalue weighted by atomic mass is 32.2. The summed E-state index contributed by atoms with van der Waals surface area (Å²) in [5.41, 5.74) is 4.09. The summed E-state index contributed by atoms with van der Waals surface area (Å²) in [7, 11) is -3.93. The van der Waals surface area contributed by atoms with Crippen LogP contribution in [-0.2, 0) is 19.4 Å². The average Bonchev–Trinajstić information content (AvgIpc) is 2.98. The zero-order valence-corrected chi connectivity index (χ0v) is 15.6. The molecule has 0 atom stereocenters. The molecule has 28 heavy (non-hydrogen) atoms. The molecule has 10 heteroatoms. The van der Waals surface area contributed by atoms with Gasteiger partial charge in [0.2, 0.25) is 10.0 Å². The van der Waals surface area contributed by atoms with Crippen LogP contribution in [0, 0.1) is 0 Å².